The van der Waals surface area contributed by atoms with Gasteiger partial charge in [-0.1, -0.05) is 67.0 Å². The number of benzene rings is 3. The summed E-state index contributed by atoms with van der Waals surface area (Å²) in [7, 11) is 0. The van der Waals surface area contributed by atoms with Gasteiger partial charge in [0.25, 0.3) is 5.56 Å². The molecule has 0 aliphatic rings. The first kappa shape index (κ1) is 23.2. The van der Waals surface area contributed by atoms with E-state index in [0.29, 0.717) is 23.3 Å². The summed E-state index contributed by atoms with van der Waals surface area (Å²) in [6.45, 7) is 6.63. The van der Waals surface area contributed by atoms with Crippen molar-refractivity contribution in [1.29, 1.82) is 0 Å². The van der Waals surface area contributed by atoms with Gasteiger partial charge in [0.2, 0.25) is 0 Å². The van der Waals surface area contributed by atoms with Gasteiger partial charge in [-0.3, -0.25) is 4.79 Å². The van der Waals surface area contributed by atoms with Crippen molar-refractivity contribution in [2.24, 2.45) is 5.10 Å². The molecule has 0 unspecified atom stereocenters. The summed E-state index contributed by atoms with van der Waals surface area (Å²) in [6, 6.07) is 20.0. The van der Waals surface area contributed by atoms with Crippen molar-refractivity contribution in [3.05, 3.63) is 111 Å². The van der Waals surface area contributed by atoms with Crippen molar-refractivity contribution >= 4 is 44.0 Å². The summed E-state index contributed by atoms with van der Waals surface area (Å²) >= 11 is 3.45. The van der Waals surface area contributed by atoms with Gasteiger partial charge in [0.05, 0.1) is 17.1 Å². The third-order valence-corrected chi connectivity index (χ3v) is 6.37. The number of aromatic nitrogens is 3. The van der Waals surface area contributed by atoms with E-state index in [2.05, 4.69) is 25.6 Å². The minimum absolute atomic E-state index is 0.215. The Kier molecular flexibility index (Phi) is 5.89. The Bertz CT molecular complexity index is 1640. The predicted molar refractivity (Wildman–Crippen MR) is 143 cm³/mol. The first-order valence-electron chi connectivity index (χ1n) is 11.3. The van der Waals surface area contributed by atoms with Crippen LogP contribution in [0.2, 0.25) is 0 Å². The highest BCUT2D eigenvalue weighted by atomic mass is 79.9. The molecule has 0 aliphatic heterocycles. The number of fused-ring (bicyclic) bond motifs is 2. The van der Waals surface area contributed by atoms with Gasteiger partial charge in [-0.15, -0.1) is 0 Å². The zero-order valence-electron chi connectivity index (χ0n) is 19.7. The van der Waals surface area contributed by atoms with Gasteiger partial charge in [0, 0.05) is 39.1 Å². The summed E-state index contributed by atoms with van der Waals surface area (Å²) < 4.78 is 17.7. The molecule has 2 aromatic heterocycles. The molecular weight excluding hydrogens is 507 g/mol. The lowest BCUT2D eigenvalue weighted by atomic mass is 9.95. The Labute approximate surface area is 210 Å². The van der Waals surface area contributed by atoms with Gasteiger partial charge in [0.15, 0.2) is 0 Å². The normalized spacial score (nSPS) is 12.3. The second-order valence-electron chi connectivity index (χ2n) is 9.56. The molecule has 0 saturated carbocycles. The third kappa shape index (κ3) is 4.56. The summed E-state index contributed by atoms with van der Waals surface area (Å²) in [5, 5.41) is 6.16. The van der Waals surface area contributed by atoms with Crippen molar-refractivity contribution in [1.82, 2.24) is 14.2 Å². The predicted octanol–water partition coefficient (Wildman–Crippen LogP) is 6.48. The van der Waals surface area contributed by atoms with Crippen LogP contribution in [-0.4, -0.2) is 20.4 Å². The fourth-order valence-electron chi connectivity index (χ4n) is 4.16. The molecule has 5 rings (SSSR count). The Hall–Kier alpha value is -3.58. The van der Waals surface area contributed by atoms with Gasteiger partial charge in [-0.05, 0) is 42.0 Å². The van der Waals surface area contributed by atoms with Crippen molar-refractivity contribution < 1.29 is 4.39 Å². The zero-order chi connectivity index (χ0) is 24.7. The number of nitrogens with zero attached hydrogens (tertiary/aromatic N) is 4. The quantitative estimate of drug-likeness (QED) is 0.249. The first-order chi connectivity index (χ1) is 16.7. The third-order valence-electron chi connectivity index (χ3n) is 5.88. The average molecular weight is 531 g/mol. The highest BCUT2D eigenvalue weighted by Crippen LogP contribution is 2.24. The molecule has 0 amide bonds. The van der Waals surface area contributed by atoms with Crippen molar-refractivity contribution in [2.75, 3.05) is 0 Å². The van der Waals surface area contributed by atoms with Crippen LogP contribution >= 0.6 is 15.9 Å². The Morgan fingerprint density at radius 1 is 1.03 bits per heavy atom. The maximum atomic E-state index is 13.5. The minimum Gasteiger partial charge on any atom is -0.342 e. The first-order valence-corrected chi connectivity index (χ1v) is 12.1. The minimum atomic E-state index is -0.394. The molecule has 176 valence electrons. The molecule has 0 atom stereocenters. The SMILES string of the molecule is CC(C)(C)c1nc2ccc(Br)cc2c(=O)n1N=Cc1cn(Cc2ccc(F)cc2)c2ccccc12. The van der Waals surface area contributed by atoms with Gasteiger partial charge in [0.1, 0.15) is 11.6 Å². The molecule has 2 heterocycles. The standard InChI is InChI=1S/C28H24BrFN4O/c1-28(2,3)27-32-24-13-10-20(29)14-23(24)26(35)34(27)31-15-19-17-33(25-7-5-4-6-22(19)25)16-18-8-11-21(30)12-9-18/h4-15,17H,16H2,1-3H3. The van der Waals surface area contributed by atoms with Gasteiger partial charge >= 0.3 is 0 Å². The van der Waals surface area contributed by atoms with E-state index in [0.717, 1.165) is 26.5 Å². The van der Waals surface area contributed by atoms with Crippen LogP contribution in [-0.2, 0) is 12.0 Å². The molecule has 0 aliphatic carbocycles. The lowest BCUT2D eigenvalue weighted by Gasteiger charge is -2.20. The van der Waals surface area contributed by atoms with Gasteiger partial charge in [-0.25, -0.2) is 9.37 Å². The van der Waals surface area contributed by atoms with E-state index in [1.54, 1.807) is 24.4 Å². The topological polar surface area (TPSA) is 52.2 Å². The average Bonchev–Trinajstić information content (AvgIpc) is 3.17. The number of hydrogen-bond acceptors (Lipinski definition) is 3. The second-order valence-corrected chi connectivity index (χ2v) is 10.5. The molecule has 0 spiro atoms. The van der Waals surface area contributed by atoms with Crippen LogP contribution in [0.4, 0.5) is 4.39 Å². The highest BCUT2D eigenvalue weighted by molar-refractivity contribution is 9.10. The van der Waals surface area contributed by atoms with Crippen LogP contribution in [0.1, 0.15) is 37.7 Å². The van der Waals surface area contributed by atoms with Gasteiger partial charge in [-0.2, -0.15) is 9.78 Å². The van der Waals surface area contributed by atoms with E-state index >= 15 is 0 Å². The van der Waals surface area contributed by atoms with Crippen LogP contribution in [0, 0.1) is 5.82 Å². The molecule has 5 nitrogen and oxygen atoms in total. The molecule has 0 fully saturated rings. The van der Waals surface area contributed by atoms with Crippen LogP contribution in [0.25, 0.3) is 21.8 Å². The number of rotatable bonds is 4. The lowest BCUT2D eigenvalue weighted by Crippen LogP contribution is -2.29. The zero-order valence-corrected chi connectivity index (χ0v) is 21.3. The Morgan fingerprint density at radius 2 is 1.77 bits per heavy atom. The summed E-state index contributed by atoms with van der Waals surface area (Å²) in [5.41, 5.74) is 2.93. The van der Waals surface area contributed by atoms with E-state index in [1.807, 2.05) is 63.4 Å². The molecule has 0 radical (unpaired) electrons. The molecule has 35 heavy (non-hydrogen) atoms. The maximum absolute atomic E-state index is 13.5. The molecule has 0 N–H and O–H groups in total. The molecule has 0 bridgehead atoms. The molecule has 5 aromatic rings. The summed E-state index contributed by atoms with van der Waals surface area (Å²) in [6.07, 6.45) is 3.72. The van der Waals surface area contributed by atoms with Crippen LogP contribution in [0.15, 0.2) is 87.3 Å². The summed E-state index contributed by atoms with van der Waals surface area (Å²) in [5.74, 6) is 0.332. The maximum Gasteiger partial charge on any atom is 0.282 e. The fourth-order valence-corrected chi connectivity index (χ4v) is 4.52. The van der Waals surface area contributed by atoms with E-state index in [9.17, 15) is 9.18 Å². The smallest absolute Gasteiger partial charge is 0.282 e. The molecule has 7 heteroatoms. The fraction of sp³-hybridized carbons (Fsp3) is 0.179. The monoisotopic (exact) mass is 530 g/mol. The number of hydrogen-bond donors (Lipinski definition) is 0. The Balaban J connectivity index is 1.63. The van der Waals surface area contributed by atoms with E-state index in [1.165, 1.54) is 16.8 Å². The van der Waals surface area contributed by atoms with Crippen molar-refractivity contribution in [2.45, 2.75) is 32.7 Å². The molecular formula is C28H24BrFN4O. The molecule has 0 saturated heterocycles. The number of para-hydroxylation sites is 1. The van der Waals surface area contributed by atoms with Crippen molar-refractivity contribution in [3.8, 4) is 0 Å². The molecule has 3 aromatic carbocycles. The van der Waals surface area contributed by atoms with Crippen LogP contribution in [0.3, 0.4) is 0 Å². The summed E-state index contributed by atoms with van der Waals surface area (Å²) in [4.78, 5) is 18.2. The van der Waals surface area contributed by atoms with Gasteiger partial charge < -0.3 is 4.57 Å². The largest absolute Gasteiger partial charge is 0.342 e. The van der Waals surface area contributed by atoms with Crippen LogP contribution in [0.5, 0.6) is 0 Å². The second kappa shape index (κ2) is 8.89. The van der Waals surface area contributed by atoms with Crippen molar-refractivity contribution in [3.63, 3.8) is 0 Å². The highest BCUT2D eigenvalue weighted by Gasteiger charge is 2.23. The van der Waals surface area contributed by atoms with E-state index in [-0.39, 0.29) is 11.4 Å². The van der Waals surface area contributed by atoms with Crippen LogP contribution < -0.4 is 5.56 Å². The van der Waals surface area contributed by atoms with E-state index in [4.69, 9.17) is 4.98 Å². The lowest BCUT2D eigenvalue weighted by molar-refractivity contribution is 0.506. The van der Waals surface area contributed by atoms with E-state index < -0.39 is 5.41 Å². The number of halogens is 2. The Morgan fingerprint density at radius 3 is 2.51 bits per heavy atom.